The zero-order valence-corrected chi connectivity index (χ0v) is 11.0. The van der Waals surface area contributed by atoms with Crippen molar-refractivity contribution in [2.75, 3.05) is 0 Å². The van der Waals surface area contributed by atoms with Crippen molar-refractivity contribution in [3.05, 3.63) is 64.4 Å². The van der Waals surface area contributed by atoms with Crippen molar-refractivity contribution in [2.24, 2.45) is 0 Å². The summed E-state index contributed by atoms with van der Waals surface area (Å²) in [5, 5.41) is 0. The van der Waals surface area contributed by atoms with Crippen molar-refractivity contribution >= 4 is 21.9 Å². The number of pyridine rings is 1. The zero-order valence-electron chi connectivity index (χ0n) is 9.38. The van der Waals surface area contributed by atoms with Gasteiger partial charge in [0.25, 0.3) is 0 Å². The first-order valence-corrected chi connectivity index (χ1v) is 6.04. The highest BCUT2D eigenvalue weighted by molar-refractivity contribution is 9.10. The lowest BCUT2D eigenvalue weighted by Gasteiger charge is -2.04. The van der Waals surface area contributed by atoms with E-state index in [2.05, 4.69) is 20.9 Å². The minimum Gasteiger partial charge on any atom is -0.292 e. The van der Waals surface area contributed by atoms with Gasteiger partial charge in [-0.1, -0.05) is 30.3 Å². The summed E-state index contributed by atoms with van der Waals surface area (Å²) >= 11 is 3.24. The Labute approximate surface area is 113 Å². The highest BCUT2D eigenvalue weighted by Gasteiger charge is 2.12. The lowest BCUT2D eigenvalue weighted by molar-refractivity contribution is -0.250. The van der Waals surface area contributed by atoms with Gasteiger partial charge in [0.05, 0.1) is 5.56 Å². The van der Waals surface area contributed by atoms with Crippen LogP contribution in [0.4, 0.5) is 0 Å². The predicted octanol–water partition coefficient (Wildman–Crippen LogP) is 3.13. The minimum absolute atomic E-state index is 0.213. The van der Waals surface area contributed by atoms with E-state index in [1.54, 1.807) is 12.3 Å². The second-order valence-corrected chi connectivity index (χ2v) is 4.33. The Morgan fingerprint density at radius 3 is 2.72 bits per heavy atom. The average molecular weight is 308 g/mol. The van der Waals surface area contributed by atoms with E-state index in [-0.39, 0.29) is 6.61 Å². The van der Waals surface area contributed by atoms with Gasteiger partial charge in [-0.2, -0.15) is 4.89 Å². The summed E-state index contributed by atoms with van der Waals surface area (Å²) in [5.74, 6) is -0.578. The third-order valence-corrected chi connectivity index (χ3v) is 2.88. The number of hydrogen-bond acceptors (Lipinski definition) is 4. The Kier molecular flexibility index (Phi) is 4.44. The van der Waals surface area contributed by atoms with Crippen molar-refractivity contribution in [2.45, 2.75) is 6.61 Å². The Balaban J connectivity index is 1.88. The Bertz CT molecular complexity index is 531. The first-order valence-electron chi connectivity index (χ1n) is 5.24. The molecule has 0 spiro atoms. The lowest BCUT2D eigenvalue weighted by atomic mass is 10.2. The van der Waals surface area contributed by atoms with E-state index in [4.69, 9.17) is 9.78 Å². The SMILES string of the molecule is O=C(OOCc1ccccc1)c1cnccc1Br. The molecule has 2 rings (SSSR count). The standard InChI is InChI=1S/C13H10BrNO3/c14-12-6-7-15-8-11(12)13(16)18-17-9-10-4-2-1-3-5-10/h1-8H,9H2. The van der Waals surface area contributed by atoms with E-state index < -0.39 is 5.97 Å². The normalized spacial score (nSPS) is 10.1. The van der Waals surface area contributed by atoms with Crippen LogP contribution in [0.15, 0.2) is 53.3 Å². The van der Waals surface area contributed by atoms with E-state index >= 15 is 0 Å². The van der Waals surface area contributed by atoms with Crippen molar-refractivity contribution in [3.63, 3.8) is 0 Å². The summed E-state index contributed by atoms with van der Waals surface area (Å²) < 4.78 is 0.616. The molecule has 1 aromatic heterocycles. The topological polar surface area (TPSA) is 48.4 Å². The monoisotopic (exact) mass is 307 g/mol. The third kappa shape index (κ3) is 3.38. The molecular formula is C13H10BrNO3. The van der Waals surface area contributed by atoms with E-state index in [1.807, 2.05) is 30.3 Å². The Morgan fingerprint density at radius 1 is 1.22 bits per heavy atom. The van der Waals surface area contributed by atoms with Crippen molar-refractivity contribution in [1.29, 1.82) is 0 Å². The molecule has 0 bridgehead atoms. The van der Waals surface area contributed by atoms with E-state index in [1.165, 1.54) is 6.20 Å². The van der Waals surface area contributed by atoms with Crippen LogP contribution in [0.3, 0.4) is 0 Å². The third-order valence-electron chi connectivity index (χ3n) is 2.19. The van der Waals surface area contributed by atoms with Crippen LogP contribution in [0.25, 0.3) is 0 Å². The van der Waals surface area contributed by atoms with Gasteiger partial charge in [-0.05, 0) is 27.6 Å². The van der Waals surface area contributed by atoms with Crippen LogP contribution in [0.5, 0.6) is 0 Å². The smallest absolute Gasteiger partial charge is 0.292 e. The van der Waals surface area contributed by atoms with Crippen LogP contribution >= 0.6 is 15.9 Å². The van der Waals surface area contributed by atoms with Crippen LogP contribution in [0, 0.1) is 0 Å². The van der Waals surface area contributed by atoms with Crippen LogP contribution < -0.4 is 0 Å². The molecule has 0 amide bonds. The number of carbonyl (C=O) groups excluding carboxylic acids is 1. The highest BCUT2D eigenvalue weighted by atomic mass is 79.9. The molecule has 4 nitrogen and oxygen atoms in total. The second-order valence-electron chi connectivity index (χ2n) is 3.47. The van der Waals surface area contributed by atoms with Gasteiger partial charge < -0.3 is 0 Å². The molecule has 0 aliphatic heterocycles. The Morgan fingerprint density at radius 2 is 2.00 bits per heavy atom. The number of rotatable bonds is 4. The molecule has 0 atom stereocenters. The molecule has 5 heteroatoms. The van der Waals surface area contributed by atoms with Crippen molar-refractivity contribution in [1.82, 2.24) is 4.98 Å². The quantitative estimate of drug-likeness (QED) is 0.643. The van der Waals surface area contributed by atoms with Gasteiger partial charge in [-0.25, -0.2) is 4.79 Å². The minimum atomic E-state index is -0.578. The predicted molar refractivity (Wildman–Crippen MR) is 68.6 cm³/mol. The maximum Gasteiger partial charge on any atom is 0.375 e. The van der Waals surface area contributed by atoms with Crippen molar-refractivity contribution in [3.8, 4) is 0 Å². The summed E-state index contributed by atoms with van der Waals surface area (Å²) in [7, 11) is 0. The maximum absolute atomic E-state index is 11.6. The fraction of sp³-hybridized carbons (Fsp3) is 0.0769. The molecule has 0 radical (unpaired) electrons. The van der Waals surface area contributed by atoms with Gasteiger partial charge in [0, 0.05) is 16.9 Å². The molecule has 1 heterocycles. The summed E-state index contributed by atoms with van der Waals surface area (Å²) in [6.07, 6.45) is 2.99. The van der Waals surface area contributed by atoms with Crippen LogP contribution in [-0.4, -0.2) is 11.0 Å². The number of carbonyl (C=O) groups is 1. The largest absolute Gasteiger partial charge is 0.375 e. The first-order chi connectivity index (χ1) is 8.77. The second kappa shape index (κ2) is 6.28. The molecular weight excluding hydrogens is 298 g/mol. The van der Waals surface area contributed by atoms with Gasteiger partial charge in [-0.15, -0.1) is 0 Å². The van der Waals surface area contributed by atoms with Crippen molar-refractivity contribution < 1.29 is 14.6 Å². The van der Waals surface area contributed by atoms with Gasteiger partial charge in [0.1, 0.15) is 6.61 Å². The molecule has 0 fully saturated rings. The number of hydrogen-bond donors (Lipinski definition) is 0. The highest BCUT2D eigenvalue weighted by Crippen LogP contribution is 2.15. The number of benzene rings is 1. The molecule has 0 unspecified atom stereocenters. The lowest BCUT2D eigenvalue weighted by Crippen LogP contribution is -2.07. The average Bonchev–Trinajstić information content (AvgIpc) is 2.40. The van der Waals surface area contributed by atoms with Gasteiger partial charge in [-0.3, -0.25) is 9.87 Å². The molecule has 0 aliphatic carbocycles. The summed E-state index contributed by atoms with van der Waals surface area (Å²) in [6, 6.07) is 11.1. The molecule has 0 aliphatic rings. The number of nitrogens with zero attached hydrogens (tertiary/aromatic N) is 1. The van der Waals surface area contributed by atoms with Crippen LogP contribution in [0.1, 0.15) is 15.9 Å². The van der Waals surface area contributed by atoms with E-state index in [0.717, 1.165) is 5.56 Å². The zero-order chi connectivity index (χ0) is 12.8. The molecule has 92 valence electrons. The molecule has 0 saturated carbocycles. The summed E-state index contributed by atoms with van der Waals surface area (Å²) in [6.45, 7) is 0.213. The first kappa shape index (κ1) is 12.7. The molecule has 1 aromatic carbocycles. The maximum atomic E-state index is 11.6. The van der Waals surface area contributed by atoms with Crippen LogP contribution in [-0.2, 0) is 16.4 Å². The molecule has 2 aromatic rings. The van der Waals surface area contributed by atoms with E-state index in [0.29, 0.717) is 10.0 Å². The van der Waals surface area contributed by atoms with Gasteiger partial charge >= 0.3 is 5.97 Å². The molecule has 0 N–H and O–H groups in total. The van der Waals surface area contributed by atoms with Gasteiger partial charge in [0.2, 0.25) is 0 Å². The summed E-state index contributed by atoms with van der Waals surface area (Å²) in [5.41, 5.74) is 1.25. The summed E-state index contributed by atoms with van der Waals surface area (Å²) in [4.78, 5) is 25.1. The van der Waals surface area contributed by atoms with E-state index in [9.17, 15) is 4.79 Å². The number of halogens is 1. The fourth-order valence-electron chi connectivity index (χ4n) is 1.30. The molecule has 0 saturated heterocycles. The number of aromatic nitrogens is 1. The Hall–Kier alpha value is -1.72. The van der Waals surface area contributed by atoms with Gasteiger partial charge in [0.15, 0.2) is 0 Å². The molecule has 18 heavy (non-hydrogen) atoms. The van der Waals surface area contributed by atoms with Crippen LogP contribution in [0.2, 0.25) is 0 Å². The fourth-order valence-corrected chi connectivity index (χ4v) is 1.68.